The smallest absolute Gasteiger partial charge is 0.214 e. The average molecular weight is 211 g/mol. The van der Waals surface area contributed by atoms with Crippen molar-refractivity contribution in [2.24, 2.45) is 12.8 Å². The molecule has 5 nitrogen and oxygen atoms in total. The van der Waals surface area contributed by atoms with Crippen LogP contribution in [0.15, 0.2) is 12.4 Å². The van der Waals surface area contributed by atoms with Crippen molar-refractivity contribution >= 4 is 5.78 Å². The molecule has 0 bridgehead atoms. The fourth-order valence-electron chi connectivity index (χ4n) is 1.35. The quantitative estimate of drug-likeness (QED) is 0.544. The molecule has 15 heavy (non-hydrogen) atoms. The van der Waals surface area contributed by atoms with Crippen molar-refractivity contribution in [1.82, 2.24) is 9.55 Å². The highest BCUT2D eigenvalue weighted by Gasteiger charge is 2.18. The van der Waals surface area contributed by atoms with Gasteiger partial charge < -0.3 is 15.0 Å². The number of methoxy groups -OCH3 is 1. The molecule has 5 heteroatoms. The minimum Gasteiger partial charge on any atom is -0.385 e. The molecule has 0 fully saturated rings. The summed E-state index contributed by atoms with van der Waals surface area (Å²) in [5, 5.41) is 0. The highest BCUT2D eigenvalue weighted by Crippen LogP contribution is 2.03. The number of ether oxygens (including phenoxy) is 1. The van der Waals surface area contributed by atoms with Gasteiger partial charge in [-0.25, -0.2) is 4.98 Å². The zero-order valence-corrected chi connectivity index (χ0v) is 9.14. The van der Waals surface area contributed by atoms with Crippen molar-refractivity contribution in [2.75, 3.05) is 13.7 Å². The van der Waals surface area contributed by atoms with Gasteiger partial charge in [0.15, 0.2) is 5.82 Å². The van der Waals surface area contributed by atoms with Crippen LogP contribution in [0.2, 0.25) is 0 Å². The molecule has 0 radical (unpaired) electrons. The Morgan fingerprint density at radius 2 is 2.47 bits per heavy atom. The molecule has 2 N–H and O–H groups in total. The maximum Gasteiger partial charge on any atom is 0.214 e. The van der Waals surface area contributed by atoms with Crippen LogP contribution in [0.25, 0.3) is 0 Å². The first kappa shape index (κ1) is 11.9. The van der Waals surface area contributed by atoms with E-state index in [1.54, 1.807) is 31.1 Å². The van der Waals surface area contributed by atoms with E-state index >= 15 is 0 Å². The van der Waals surface area contributed by atoms with Crippen molar-refractivity contribution in [3.8, 4) is 0 Å². The van der Waals surface area contributed by atoms with Gasteiger partial charge >= 0.3 is 0 Å². The van der Waals surface area contributed by atoms with Crippen LogP contribution in [-0.2, 0) is 11.8 Å². The van der Waals surface area contributed by atoms with Gasteiger partial charge in [0.1, 0.15) is 0 Å². The number of carbonyl (C=O) groups excluding carboxylic acids is 1. The number of ketones is 1. The van der Waals surface area contributed by atoms with Crippen LogP contribution >= 0.6 is 0 Å². The summed E-state index contributed by atoms with van der Waals surface area (Å²) >= 11 is 0. The van der Waals surface area contributed by atoms with Gasteiger partial charge in [0.05, 0.1) is 6.04 Å². The summed E-state index contributed by atoms with van der Waals surface area (Å²) in [6.45, 7) is 0.627. The van der Waals surface area contributed by atoms with Gasteiger partial charge in [-0.2, -0.15) is 0 Å². The van der Waals surface area contributed by atoms with E-state index in [2.05, 4.69) is 4.98 Å². The first-order chi connectivity index (χ1) is 7.16. The molecule has 1 unspecified atom stereocenters. The molecule has 0 aliphatic heterocycles. The largest absolute Gasteiger partial charge is 0.385 e. The number of rotatable bonds is 6. The summed E-state index contributed by atoms with van der Waals surface area (Å²) in [7, 11) is 3.41. The fraction of sp³-hybridized carbons (Fsp3) is 0.600. The number of Topliss-reactive ketones (excluding diaryl/α,β-unsaturated/α-hetero) is 1. The summed E-state index contributed by atoms with van der Waals surface area (Å²) in [6.07, 6.45) is 4.73. The predicted molar refractivity (Wildman–Crippen MR) is 56.6 cm³/mol. The Morgan fingerprint density at radius 3 is 3.00 bits per heavy atom. The molecular weight excluding hydrogens is 194 g/mol. The first-order valence-corrected chi connectivity index (χ1v) is 4.93. The number of aromatic nitrogens is 2. The number of imidazole rings is 1. The lowest BCUT2D eigenvalue weighted by molar-refractivity contribution is 0.0937. The van der Waals surface area contributed by atoms with Gasteiger partial charge in [0.2, 0.25) is 5.78 Å². The van der Waals surface area contributed by atoms with Crippen LogP contribution in [0.5, 0.6) is 0 Å². The molecule has 84 valence electrons. The Hall–Kier alpha value is -1.20. The second-order valence-corrected chi connectivity index (χ2v) is 3.47. The highest BCUT2D eigenvalue weighted by atomic mass is 16.5. The van der Waals surface area contributed by atoms with Crippen LogP contribution in [0, 0.1) is 0 Å². The van der Waals surface area contributed by atoms with E-state index < -0.39 is 6.04 Å². The molecule has 0 aliphatic rings. The predicted octanol–water partition coefficient (Wildman–Crippen LogP) is 0.357. The monoisotopic (exact) mass is 211 g/mol. The lowest BCUT2D eigenvalue weighted by atomic mass is 10.1. The summed E-state index contributed by atoms with van der Waals surface area (Å²) in [4.78, 5) is 15.7. The Morgan fingerprint density at radius 1 is 1.73 bits per heavy atom. The zero-order valence-electron chi connectivity index (χ0n) is 9.14. The summed E-state index contributed by atoms with van der Waals surface area (Å²) in [6, 6.07) is -0.485. The normalized spacial score (nSPS) is 12.7. The van der Waals surface area contributed by atoms with Crippen LogP contribution in [-0.4, -0.2) is 35.1 Å². The maximum atomic E-state index is 11.8. The van der Waals surface area contributed by atoms with E-state index in [-0.39, 0.29) is 5.78 Å². The fourth-order valence-corrected chi connectivity index (χ4v) is 1.35. The number of aryl methyl sites for hydroxylation is 1. The van der Waals surface area contributed by atoms with Gasteiger partial charge in [-0.05, 0) is 12.8 Å². The van der Waals surface area contributed by atoms with E-state index in [1.165, 1.54) is 0 Å². The van der Waals surface area contributed by atoms with Crippen molar-refractivity contribution in [3.63, 3.8) is 0 Å². The van der Waals surface area contributed by atoms with E-state index in [0.717, 1.165) is 6.42 Å². The molecular formula is C10H17N3O2. The molecule has 0 saturated heterocycles. The van der Waals surface area contributed by atoms with Gasteiger partial charge in [0, 0.05) is 33.2 Å². The Labute approximate surface area is 89.2 Å². The third-order valence-electron chi connectivity index (χ3n) is 2.24. The number of nitrogens with zero attached hydrogens (tertiary/aromatic N) is 2. The number of hydrogen-bond acceptors (Lipinski definition) is 4. The van der Waals surface area contributed by atoms with E-state index in [0.29, 0.717) is 18.9 Å². The van der Waals surface area contributed by atoms with Gasteiger partial charge in [0.25, 0.3) is 0 Å². The van der Waals surface area contributed by atoms with Gasteiger partial charge in [-0.15, -0.1) is 0 Å². The van der Waals surface area contributed by atoms with E-state index in [4.69, 9.17) is 10.5 Å². The molecule has 1 aromatic heterocycles. The molecule has 0 aliphatic carbocycles. The summed E-state index contributed by atoms with van der Waals surface area (Å²) in [5.74, 6) is 0.304. The van der Waals surface area contributed by atoms with Gasteiger partial charge in [-0.3, -0.25) is 4.79 Å². The lowest BCUT2D eigenvalue weighted by Gasteiger charge is -2.09. The zero-order chi connectivity index (χ0) is 11.3. The van der Waals surface area contributed by atoms with E-state index in [9.17, 15) is 4.79 Å². The van der Waals surface area contributed by atoms with Crippen molar-refractivity contribution < 1.29 is 9.53 Å². The van der Waals surface area contributed by atoms with Crippen molar-refractivity contribution in [1.29, 1.82) is 0 Å². The minimum absolute atomic E-state index is 0.112. The van der Waals surface area contributed by atoms with Crippen molar-refractivity contribution in [2.45, 2.75) is 18.9 Å². The summed E-state index contributed by atoms with van der Waals surface area (Å²) < 4.78 is 6.58. The second kappa shape index (κ2) is 5.63. The Bertz CT molecular complexity index is 322. The highest BCUT2D eigenvalue weighted by molar-refractivity contribution is 5.96. The first-order valence-electron chi connectivity index (χ1n) is 4.93. The second-order valence-electron chi connectivity index (χ2n) is 3.47. The number of nitrogens with two attached hydrogens (primary N) is 1. The average Bonchev–Trinajstić information content (AvgIpc) is 2.63. The van der Waals surface area contributed by atoms with Gasteiger partial charge in [-0.1, -0.05) is 0 Å². The maximum absolute atomic E-state index is 11.8. The minimum atomic E-state index is -0.485. The number of carbonyl (C=O) groups is 1. The lowest BCUT2D eigenvalue weighted by Crippen LogP contribution is -2.32. The molecule has 0 saturated carbocycles. The van der Waals surface area contributed by atoms with E-state index in [1.807, 2.05) is 0 Å². The van der Waals surface area contributed by atoms with Crippen LogP contribution in [0.1, 0.15) is 23.5 Å². The van der Waals surface area contributed by atoms with Crippen LogP contribution < -0.4 is 5.73 Å². The molecule has 1 rings (SSSR count). The molecule has 0 amide bonds. The Balaban J connectivity index is 2.50. The summed E-state index contributed by atoms with van der Waals surface area (Å²) in [5.41, 5.74) is 5.76. The molecule has 1 aromatic rings. The standard InChI is InChI=1S/C10H17N3O2/c1-13-6-5-12-10(13)9(14)8(11)4-3-7-15-2/h5-6,8H,3-4,7,11H2,1-2H3. The third kappa shape index (κ3) is 3.14. The molecule has 1 atom stereocenters. The third-order valence-corrected chi connectivity index (χ3v) is 2.24. The molecule has 0 spiro atoms. The van der Waals surface area contributed by atoms with Crippen molar-refractivity contribution in [3.05, 3.63) is 18.2 Å². The van der Waals surface area contributed by atoms with Crippen LogP contribution in [0.4, 0.5) is 0 Å². The SMILES string of the molecule is COCCCC(N)C(=O)c1nccn1C. The van der Waals surface area contributed by atoms with Crippen LogP contribution in [0.3, 0.4) is 0 Å². The molecule has 0 aromatic carbocycles. The Kier molecular flexibility index (Phi) is 4.45. The topological polar surface area (TPSA) is 70.1 Å². The number of hydrogen-bond donors (Lipinski definition) is 1. The molecule has 1 heterocycles.